The quantitative estimate of drug-likeness (QED) is 0.645. The number of piperazine rings is 1. The lowest BCUT2D eigenvalue weighted by atomic mass is 10.1. The van der Waals surface area contributed by atoms with E-state index in [1.807, 2.05) is 9.80 Å². The molecule has 1 heterocycles. The largest absolute Gasteiger partial charge is 0.380 e. The van der Waals surface area contributed by atoms with Gasteiger partial charge in [-0.25, -0.2) is 4.39 Å². The number of benzene rings is 1. The molecule has 3 rings (SSSR count). The molecule has 1 N–H and O–H groups in total. The molecule has 136 valence electrons. The molecule has 1 amide bonds. The second-order valence-corrected chi connectivity index (χ2v) is 6.50. The van der Waals surface area contributed by atoms with Crippen molar-refractivity contribution >= 4 is 11.9 Å². The van der Waals surface area contributed by atoms with Crippen molar-refractivity contribution in [3.05, 3.63) is 35.1 Å². The molecule has 1 aliphatic heterocycles. The maximum Gasteiger partial charge on any atom is 0.242 e. The van der Waals surface area contributed by atoms with Crippen molar-refractivity contribution in [1.29, 1.82) is 0 Å². The van der Waals surface area contributed by atoms with E-state index in [0.717, 1.165) is 31.5 Å². The Balaban J connectivity index is 1.58. The number of guanidine groups is 1. The van der Waals surface area contributed by atoms with E-state index in [9.17, 15) is 9.18 Å². The van der Waals surface area contributed by atoms with Gasteiger partial charge in [-0.2, -0.15) is 0 Å². The predicted molar refractivity (Wildman–Crippen MR) is 93.6 cm³/mol. The van der Waals surface area contributed by atoms with E-state index in [1.165, 1.54) is 6.07 Å². The molecule has 0 radical (unpaired) electrons. The molecule has 0 bridgehead atoms. The highest BCUT2D eigenvalue weighted by molar-refractivity contribution is 5.87. The van der Waals surface area contributed by atoms with Crippen LogP contribution in [0.1, 0.15) is 24.0 Å². The molecule has 2 aliphatic rings. The number of nitrogens with zero attached hydrogens (tertiary/aromatic N) is 3. The van der Waals surface area contributed by atoms with E-state index >= 15 is 0 Å². The van der Waals surface area contributed by atoms with Crippen LogP contribution in [0.2, 0.25) is 0 Å². The van der Waals surface area contributed by atoms with Crippen molar-refractivity contribution in [3.8, 4) is 0 Å². The van der Waals surface area contributed by atoms with Crippen molar-refractivity contribution in [1.82, 2.24) is 15.1 Å². The topological polar surface area (TPSA) is 57.2 Å². The van der Waals surface area contributed by atoms with Gasteiger partial charge in [-0.1, -0.05) is 6.07 Å². The van der Waals surface area contributed by atoms with Crippen molar-refractivity contribution in [2.45, 2.75) is 32.0 Å². The molecule has 0 spiro atoms. The van der Waals surface area contributed by atoms with Crippen LogP contribution in [0.15, 0.2) is 23.2 Å². The average molecular weight is 348 g/mol. The van der Waals surface area contributed by atoms with E-state index in [2.05, 4.69) is 10.3 Å². The molecule has 0 aromatic heterocycles. The third-order valence-electron chi connectivity index (χ3n) is 4.62. The molecule has 25 heavy (non-hydrogen) atoms. The van der Waals surface area contributed by atoms with Gasteiger partial charge in [-0.3, -0.25) is 9.79 Å². The summed E-state index contributed by atoms with van der Waals surface area (Å²) in [6.45, 7) is 2.64. The fraction of sp³-hybridized carbons (Fsp3) is 0.556. The predicted octanol–water partition coefficient (Wildman–Crippen LogP) is 1.35. The van der Waals surface area contributed by atoms with Gasteiger partial charge >= 0.3 is 0 Å². The zero-order valence-corrected chi connectivity index (χ0v) is 14.8. The van der Waals surface area contributed by atoms with Gasteiger partial charge in [0.2, 0.25) is 5.91 Å². The summed E-state index contributed by atoms with van der Waals surface area (Å²) < 4.78 is 18.7. The average Bonchev–Trinajstić information content (AvgIpc) is 3.43. The van der Waals surface area contributed by atoms with Gasteiger partial charge in [-0.05, 0) is 30.5 Å². The van der Waals surface area contributed by atoms with Crippen molar-refractivity contribution < 1.29 is 13.9 Å². The number of carbonyl (C=O) groups excluding carboxylic acids is 1. The fourth-order valence-corrected chi connectivity index (χ4v) is 3.16. The Bertz CT molecular complexity index is 660. The second-order valence-electron chi connectivity index (χ2n) is 6.50. The van der Waals surface area contributed by atoms with Crippen LogP contribution in [0.3, 0.4) is 0 Å². The number of methoxy groups -OCH3 is 1. The summed E-state index contributed by atoms with van der Waals surface area (Å²) in [5.41, 5.74) is 1.47. The molecule has 1 saturated heterocycles. The highest BCUT2D eigenvalue weighted by Gasteiger charge is 2.36. The fourth-order valence-electron chi connectivity index (χ4n) is 3.16. The van der Waals surface area contributed by atoms with E-state index in [1.54, 1.807) is 26.3 Å². The summed E-state index contributed by atoms with van der Waals surface area (Å²) in [6, 6.07) is 5.44. The summed E-state index contributed by atoms with van der Waals surface area (Å²) >= 11 is 0. The van der Waals surface area contributed by atoms with Crippen molar-refractivity contribution in [2.24, 2.45) is 4.99 Å². The van der Waals surface area contributed by atoms with E-state index in [4.69, 9.17) is 4.74 Å². The third kappa shape index (κ3) is 4.28. The molecule has 0 unspecified atom stereocenters. The van der Waals surface area contributed by atoms with Crippen LogP contribution < -0.4 is 5.32 Å². The zero-order valence-electron chi connectivity index (χ0n) is 14.8. The molecule has 7 heteroatoms. The third-order valence-corrected chi connectivity index (χ3v) is 4.62. The van der Waals surface area contributed by atoms with Gasteiger partial charge in [0, 0.05) is 45.4 Å². The molecule has 1 aromatic rings. The minimum Gasteiger partial charge on any atom is -0.380 e. The summed E-state index contributed by atoms with van der Waals surface area (Å²) in [5.74, 6) is 0.596. The minimum absolute atomic E-state index is 0.167. The Morgan fingerprint density at radius 3 is 2.84 bits per heavy atom. The number of amides is 1. The first-order valence-corrected chi connectivity index (χ1v) is 8.63. The maximum atomic E-state index is 13.7. The summed E-state index contributed by atoms with van der Waals surface area (Å²) in [5, 5.41) is 3.27. The van der Waals surface area contributed by atoms with Crippen molar-refractivity contribution in [3.63, 3.8) is 0 Å². The number of halogens is 1. The van der Waals surface area contributed by atoms with Gasteiger partial charge in [0.25, 0.3) is 0 Å². The minimum atomic E-state index is -0.267. The Morgan fingerprint density at radius 1 is 1.40 bits per heavy atom. The van der Waals surface area contributed by atoms with Crippen LogP contribution in [0.4, 0.5) is 4.39 Å². The lowest BCUT2D eigenvalue weighted by Gasteiger charge is -2.36. The SMILES string of the molecule is CN=C(NCc1ccc(F)c(COC)c1)N1CCN(C2CC2)C(=O)C1. The Morgan fingerprint density at radius 2 is 2.20 bits per heavy atom. The van der Waals surface area contributed by atoms with Crippen molar-refractivity contribution in [2.75, 3.05) is 33.8 Å². The van der Waals surface area contributed by atoms with Gasteiger partial charge < -0.3 is 19.9 Å². The molecule has 6 nitrogen and oxygen atoms in total. The molecule has 1 saturated carbocycles. The van der Waals surface area contributed by atoms with Gasteiger partial charge in [0.1, 0.15) is 5.82 Å². The summed E-state index contributed by atoms with van der Waals surface area (Å²) in [4.78, 5) is 20.5. The number of hydrogen-bond acceptors (Lipinski definition) is 3. The van der Waals surface area contributed by atoms with Crippen LogP contribution in [-0.2, 0) is 22.7 Å². The zero-order chi connectivity index (χ0) is 17.8. The van der Waals surface area contributed by atoms with Gasteiger partial charge in [0.05, 0.1) is 13.2 Å². The molecular formula is C18H25FN4O2. The molecule has 2 fully saturated rings. The van der Waals surface area contributed by atoms with Crippen LogP contribution in [-0.4, -0.2) is 61.5 Å². The summed E-state index contributed by atoms with van der Waals surface area (Å²) in [7, 11) is 3.26. The second kappa shape index (κ2) is 7.82. The van der Waals surface area contributed by atoms with Crippen LogP contribution >= 0.6 is 0 Å². The number of carbonyl (C=O) groups is 1. The normalized spacial score (nSPS) is 18.7. The lowest BCUT2D eigenvalue weighted by Crippen LogP contribution is -2.55. The van der Waals surface area contributed by atoms with Gasteiger partial charge in [0.15, 0.2) is 5.96 Å². The van der Waals surface area contributed by atoms with Crippen LogP contribution in [0.25, 0.3) is 0 Å². The van der Waals surface area contributed by atoms with Gasteiger partial charge in [-0.15, -0.1) is 0 Å². The van der Waals surface area contributed by atoms with Crippen LogP contribution in [0, 0.1) is 5.82 Å². The van der Waals surface area contributed by atoms with E-state index < -0.39 is 0 Å². The number of hydrogen-bond donors (Lipinski definition) is 1. The molecular weight excluding hydrogens is 323 g/mol. The molecule has 1 aliphatic carbocycles. The number of nitrogens with one attached hydrogen (secondary N) is 1. The number of ether oxygens (including phenoxy) is 1. The molecule has 1 aromatic carbocycles. The Labute approximate surface area is 147 Å². The Hall–Kier alpha value is -2.15. The number of aliphatic imine (C=N–C) groups is 1. The Kier molecular flexibility index (Phi) is 5.53. The highest BCUT2D eigenvalue weighted by Crippen LogP contribution is 2.28. The van der Waals surface area contributed by atoms with Crippen LogP contribution in [0.5, 0.6) is 0 Å². The first-order chi connectivity index (χ1) is 12.1. The maximum absolute atomic E-state index is 13.7. The summed E-state index contributed by atoms with van der Waals surface area (Å²) in [6.07, 6.45) is 2.26. The smallest absolute Gasteiger partial charge is 0.242 e. The highest BCUT2D eigenvalue weighted by atomic mass is 19.1. The standard InChI is InChI=1S/C18H25FN4O2/c1-20-18(22-7-8-23(15-4-5-15)17(24)11-22)21-10-13-3-6-16(19)14(9-13)12-25-2/h3,6,9,15H,4-5,7-8,10-12H2,1-2H3,(H,20,21). The lowest BCUT2D eigenvalue weighted by molar-refractivity contribution is -0.135. The first kappa shape index (κ1) is 17.7. The first-order valence-electron chi connectivity index (χ1n) is 8.63. The number of rotatable bonds is 5. The van der Waals surface area contributed by atoms with E-state index in [0.29, 0.717) is 30.7 Å². The van der Waals surface area contributed by atoms with E-state index in [-0.39, 0.29) is 18.3 Å². The monoisotopic (exact) mass is 348 g/mol. The molecule has 0 atom stereocenters.